The van der Waals surface area contributed by atoms with Crippen LogP contribution in [0.1, 0.15) is 47.0 Å². The van der Waals surface area contributed by atoms with Crippen LogP contribution in [0.25, 0.3) is 0 Å². The van der Waals surface area contributed by atoms with Gasteiger partial charge in [0, 0.05) is 12.0 Å². The van der Waals surface area contributed by atoms with Crippen LogP contribution < -0.4 is 21.1 Å². The molecule has 27 heavy (non-hydrogen) atoms. The molecule has 0 aliphatic heterocycles. The molecule has 1 saturated carbocycles. The van der Waals surface area contributed by atoms with E-state index in [2.05, 4.69) is 31.4 Å². The summed E-state index contributed by atoms with van der Waals surface area (Å²) in [7, 11) is 1.56. The highest BCUT2D eigenvalue weighted by molar-refractivity contribution is 6.02. The zero-order chi connectivity index (χ0) is 20.1. The summed E-state index contributed by atoms with van der Waals surface area (Å²) in [5.41, 5.74) is 6.72. The number of ether oxygens (including phenoxy) is 1. The molecule has 1 aliphatic carbocycles. The Kier molecular flexibility index (Phi) is 7.25. The average molecular weight is 376 g/mol. The zero-order valence-electron chi connectivity index (χ0n) is 17.0. The molecule has 6 nitrogen and oxygen atoms in total. The lowest BCUT2D eigenvalue weighted by molar-refractivity contribution is -0.124. The minimum absolute atomic E-state index is 0.0155. The van der Waals surface area contributed by atoms with Crippen LogP contribution in [0.4, 0.5) is 11.4 Å². The molecule has 0 heterocycles. The molecule has 0 spiro atoms. The third kappa shape index (κ3) is 5.45. The number of nitrogens with one attached hydrogen (secondary N) is 2. The Labute approximate surface area is 162 Å². The fourth-order valence-electron chi connectivity index (χ4n) is 3.84. The Morgan fingerprint density at radius 3 is 2.44 bits per heavy atom. The molecule has 4 N–H and O–H groups in total. The molecule has 0 unspecified atom stereocenters. The van der Waals surface area contributed by atoms with Gasteiger partial charge in [-0.3, -0.25) is 9.59 Å². The molecule has 6 heteroatoms. The van der Waals surface area contributed by atoms with Crippen molar-refractivity contribution in [3.8, 4) is 5.75 Å². The molecule has 1 fully saturated rings. The van der Waals surface area contributed by atoms with Gasteiger partial charge in [-0.05, 0) is 49.7 Å². The van der Waals surface area contributed by atoms with E-state index in [1.54, 1.807) is 32.2 Å². The van der Waals surface area contributed by atoms with Gasteiger partial charge >= 0.3 is 0 Å². The van der Waals surface area contributed by atoms with Crippen LogP contribution in [0.2, 0.25) is 0 Å². The molecule has 0 radical (unpaired) electrons. The van der Waals surface area contributed by atoms with Crippen LogP contribution in [0.5, 0.6) is 5.75 Å². The van der Waals surface area contributed by atoms with Gasteiger partial charge in [0.05, 0.1) is 24.5 Å². The summed E-state index contributed by atoms with van der Waals surface area (Å²) in [5.74, 6) is 1.66. The van der Waals surface area contributed by atoms with Gasteiger partial charge in [0.2, 0.25) is 11.8 Å². The van der Waals surface area contributed by atoms with Crippen molar-refractivity contribution in [1.82, 2.24) is 0 Å². The van der Waals surface area contributed by atoms with E-state index in [4.69, 9.17) is 10.5 Å². The largest absolute Gasteiger partial charge is 0.497 e. The second kappa shape index (κ2) is 9.22. The maximum Gasteiger partial charge on any atom is 0.241 e. The summed E-state index contributed by atoms with van der Waals surface area (Å²) in [5, 5.41) is 5.81. The molecule has 2 rings (SSSR count). The van der Waals surface area contributed by atoms with E-state index in [-0.39, 0.29) is 17.7 Å². The fourth-order valence-corrected chi connectivity index (χ4v) is 3.84. The molecular weight excluding hydrogens is 342 g/mol. The highest BCUT2D eigenvalue weighted by atomic mass is 16.5. The lowest BCUT2D eigenvalue weighted by atomic mass is 9.70. The predicted octanol–water partition coefficient (Wildman–Crippen LogP) is 3.63. The van der Waals surface area contributed by atoms with Gasteiger partial charge in [-0.25, -0.2) is 0 Å². The van der Waals surface area contributed by atoms with Crippen LogP contribution in [0, 0.1) is 23.7 Å². The van der Waals surface area contributed by atoms with Crippen molar-refractivity contribution >= 4 is 23.2 Å². The first-order chi connectivity index (χ1) is 12.7. The first-order valence-electron chi connectivity index (χ1n) is 9.78. The zero-order valence-corrected chi connectivity index (χ0v) is 17.0. The number of nitrogens with two attached hydrogens (primary N) is 1. The molecule has 0 aromatic heterocycles. The van der Waals surface area contributed by atoms with Crippen LogP contribution in [-0.2, 0) is 9.59 Å². The first-order valence-corrected chi connectivity index (χ1v) is 9.78. The van der Waals surface area contributed by atoms with E-state index < -0.39 is 6.04 Å². The van der Waals surface area contributed by atoms with Gasteiger partial charge in [-0.15, -0.1) is 0 Å². The number of methoxy groups -OCH3 is 1. The van der Waals surface area contributed by atoms with E-state index >= 15 is 0 Å². The Hall–Kier alpha value is -2.08. The maximum atomic E-state index is 13.1. The van der Waals surface area contributed by atoms with E-state index in [9.17, 15) is 9.59 Å². The number of benzene rings is 1. The number of carbonyl (C=O) groups is 2. The summed E-state index contributed by atoms with van der Waals surface area (Å²) in [6.07, 6.45) is 3.14. The topological polar surface area (TPSA) is 93.5 Å². The van der Waals surface area contributed by atoms with Gasteiger partial charge < -0.3 is 21.1 Å². The van der Waals surface area contributed by atoms with E-state index in [1.165, 1.54) is 6.42 Å². The highest BCUT2D eigenvalue weighted by Gasteiger charge is 2.35. The number of carbonyl (C=O) groups excluding carboxylic acids is 2. The van der Waals surface area contributed by atoms with Crippen molar-refractivity contribution in [3.63, 3.8) is 0 Å². The third-order valence-electron chi connectivity index (χ3n) is 5.52. The summed E-state index contributed by atoms with van der Waals surface area (Å²) >= 11 is 0. The first kappa shape index (κ1) is 21.2. The number of hydrogen-bond donors (Lipinski definition) is 3. The average Bonchev–Trinajstić information content (AvgIpc) is 2.62. The second-order valence-electron chi connectivity index (χ2n) is 8.11. The minimum atomic E-state index is -0.649. The number of anilines is 2. The highest BCUT2D eigenvalue weighted by Crippen LogP contribution is 2.39. The number of rotatable bonds is 6. The smallest absolute Gasteiger partial charge is 0.241 e. The summed E-state index contributed by atoms with van der Waals surface area (Å²) in [6, 6.07) is 4.56. The lowest BCUT2D eigenvalue weighted by Gasteiger charge is -2.36. The molecule has 1 aliphatic rings. The molecule has 0 saturated heterocycles. The van der Waals surface area contributed by atoms with Crippen LogP contribution in [0.15, 0.2) is 18.2 Å². The maximum absolute atomic E-state index is 13.1. The van der Waals surface area contributed by atoms with Crippen molar-refractivity contribution in [1.29, 1.82) is 0 Å². The molecule has 1 aromatic rings. The van der Waals surface area contributed by atoms with Crippen molar-refractivity contribution < 1.29 is 14.3 Å². The van der Waals surface area contributed by atoms with Crippen LogP contribution in [0.3, 0.4) is 0 Å². The molecule has 150 valence electrons. The Balaban J connectivity index is 2.23. The molecule has 0 bridgehead atoms. The SMILES string of the molecule is COc1ccc(NC(=O)[C@@H]2C[C@@H](C)CC[C@@H]2C(C)C)c(NC(=O)[C@@H](C)N)c1. The summed E-state index contributed by atoms with van der Waals surface area (Å²) in [4.78, 5) is 25.1. The quantitative estimate of drug-likeness (QED) is 0.708. The van der Waals surface area contributed by atoms with Gasteiger partial charge in [-0.2, -0.15) is 0 Å². The van der Waals surface area contributed by atoms with Crippen LogP contribution in [-0.4, -0.2) is 25.0 Å². The molecule has 4 atom stereocenters. The Morgan fingerprint density at radius 2 is 1.85 bits per heavy atom. The van der Waals surface area contributed by atoms with E-state index in [1.807, 2.05) is 0 Å². The number of amides is 2. The molecule has 1 aromatic carbocycles. The third-order valence-corrected chi connectivity index (χ3v) is 5.52. The standard InChI is InChI=1S/C21H33N3O3/c1-12(2)16-8-6-13(3)10-17(16)21(26)23-18-9-7-15(27-5)11-19(18)24-20(25)14(4)22/h7,9,11-14,16-17H,6,8,10,22H2,1-5H3,(H,23,26)(H,24,25)/t13-,14+,16+,17+/m0/s1. The monoisotopic (exact) mass is 375 g/mol. The van der Waals surface area contributed by atoms with E-state index in [0.717, 1.165) is 12.8 Å². The van der Waals surface area contributed by atoms with Gasteiger partial charge in [0.1, 0.15) is 5.75 Å². The molecular formula is C21H33N3O3. The number of hydrogen-bond acceptors (Lipinski definition) is 4. The van der Waals surface area contributed by atoms with Crippen molar-refractivity contribution in [2.75, 3.05) is 17.7 Å². The van der Waals surface area contributed by atoms with Gasteiger partial charge in [-0.1, -0.05) is 27.2 Å². The lowest BCUT2D eigenvalue weighted by Crippen LogP contribution is -2.37. The second-order valence-corrected chi connectivity index (χ2v) is 8.11. The van der Waals surface area contributed by atoms with Crippen molar-refractivity contribution in [3.05, 3.63) is 18.2 Å². The van der Waals surface area contributed by atoms with Crippen LogP contribution >= 0.6 is 0 Å². The predicted molar refractivity (Wildman–Crippen MR) is 109 cm³/mol. The van der Waals surface area contributed by atoms with Gasteiger partial charge in [0.15, 0.2) is 0 Å². The Bertz CT molecular complexity index is 673. The fraction of sp³-hybridized carbons (Fsp3) is 0.619. The minimum Gasteiger partial charge on any atom is -0.497 e. The summed E-state index contributed by atoms with van der Waals surface area (Å²) in [6.45, 7) is 8.19. The van der Waals surface area contributed by atoms with Crippen molar-refractivity contribution in [2.45, 2.75) is 53.0 Å². The van der Waals surface area contributed by atoms with Gasteiger partial charge in [0.25, 0.3) is 0 Å². The van der Waals surface area contributed by atoms with Crippen molar-refractivity contribution in [2.24, 2.45) is 29.4 Å². The Morgan fingerprint density at radius 1 is 1.15 bits per heavy atom. The summed E-state index contributed by atoms with van der Waals surface area (Å²) < 4.78 is 5.24. The van der Waals surface area contributed by atoms with E-state index in [0.29, 0.717) is 34.9 Å². The normalized spacial score (nSPS) is 23.6. The molecule has 2 amide bonds.